The number of nitrogens with zero attached hydrogens (tertiary/aromatic N) is 4. The summed E-state index contributed by atoms with van der Waals surface area (Å²) >= 11 is 8.85. The minimum Gasteiger partial charge on any atom is -0.355 e. The van der Waals surface area contributed by atoms with Gasteiger partial charge in [-0.2, -0.15) is 0 Å². The molecule has 0 unspecified atom stereocenters. The Kier molecular flexibility index (Phi) is 5.65. The van der Waals surface area contributed by atoms with Crippen molar-refractivity contribution in [2.24, 2.45) is 0 Å². The zero-order valence-corrected chi connectivity index (χ0v) is 20.4. The highest BCUT2D eigenvalue weighted by atomic mass is 35.5. The monoisotopic (exact) mass is 517 g/mol. The molecule has 0 fully saturated rings. The van der Waals surface area contributed by atoms with Gasteiger partial charge in [0.1, 0.15) is 11.4 Å². The van der Waals surface area contributed by atoms with Gasteiger partial charge in [0.15, 0.2) is 10.9 Å². The fourth-order valence-electron chi connectivity index (χ4n) is 3.82. The van der Waals surface area contributed by atoms with Gasteiger partial charge in [-0.3, -0.25) is 15.1 Å². The standard InChI is InChI=1S/C25H16ClN5O2S2/c26-23-8-7-22(35-23)21-11-17(30-33-21)13-31-19-6-2-1-4-15(19)10-20(31)24(32)29-25-28-18(14-34-25)16-5-3-9-27-12-16/h1-12,14H,13H2,(H,28,29,32). The number of anilines is 1. The molecule has 1 N–H and O–H groups in total. The summed E-state index contributed by atoms with van der Waals surface area (Å²) in [6, 6.07) is 19.1. The third-order valence-corrected chi connectivity index (χ3v) is 7.42. The summed E-state index contributed by atoms with van der Waals surface area (Å²) in [5.41, 5.74) is 3.80. The van der Waals surface area contributed by atoms with E-state index in [1.165, 1.54) is 22.7 Å². The van der Waals surface area contributed by atoms with E-state index in [9.17, 15) is 4.79 Å². The quantitative estimate of drug-likeness (QED) is 0.261. The number of amides is 1. The van der Waals surface area contributed by atoms with Crippen molar-refractivity contribution in [2.75, 3.05) is 5.32 Å². The van der Waals surface area contributed by atoms with Gasteiger partial charge < -0.3 is 9.09 Å². The molecule has 5 heterocycles. The number of pyridine rings is 1. The van der Waals surface area contributed by atoms with E-state index in [0.29, 0.717) is 33.2 Å². The van der Waals surface area contributed by atoms with Gasteiger partial charge in [-0.05, 0) is 36.4 Å². The van der Waals surface area contributed by atoms with Crippen LogP contribution < -0.4 is 5.32 Å². The van der Waals surface area contributed by atoms with Gasteiger partial charge in [0.25, 0.3) is 5.91 Å². The van der Waals surface area contributed by atoms with Crippen molar-refractivity contribution >= 4 is 56.2 Å². The molecule has 5 aromatic heterocycles. The molecule has 0 spiro atoms. The number of para-hydroxylation sites is 1. The molecule has 172 valence electrons. The summed E-state index contributed by atoms with van der Waals surface area (Å²) in [5.74, 6) is 0.395. The molecule has 0 radical (unpaired) electrons. The number of thiazole rings is 1. The van der Waals surface area contributed by atoms with Gasteiger partial charge in [0.2, 0.25) is 0 Å². The second kappa shape index (κ2) is 9.10. The molecule has 0 aliphatic rings. The molecule has 6 aromatic rings. The number of thiophene rings is 1. The molecular formula is C25H16ClN5O2S2. The molecule has 1 aromatic carbocycles. The number of hydrogen-bond donors (Lipinski definition) is 1. The fraction of sp³-hybridized carbons (Fsp3) is 0.0400. The largest absolute Gasteiger partial charge is 0.355 e. The highest BCUT2D eigenvalue weighted by Crippen LogP contribution is 2.32. The third-order valence-electron chi connectivity index (χ3n) is 5.42. The lowest BCUT2D eigenvalue weighted by atomic mass is 10.2. The molecule has 1 amide bonds. The molecule has 0 aliphatic carbocycles. The van der Waals surface area contributed by atoms with Crippen LogP contribution in [-0.4, -0.2) is 25.6 Å². The number of carbonyl (C=O) groups is 1. The number of nitrogens with one attached hydrogen (secondary N) is 1. The fourth-order valence-corrected chi connectivity index (χ4v) is 5.53. The smallest absolute Gasteiger partial charge is 0.274 e. The molecule has 0 atom stereocenters. The molecule has 0 saturated heterocycles. The summed E-state index contributed by atoms with van der Waals surface area (Å²) in [5, 5.41) is 10.5. The summed E-state index contributed by atoms with van der Waals surface area (Å²) in [7, 11) is 0. The Morgan fingerprint density at radius 2 is 2.03 bits per heavy atom. The third kappa shape index (κ3) is 4.37. The summed E-state index contributed by atoms with van der Waals surface area (Å²) in [6.07, 6.45) is 3.46. The number of rotatable bonds is 6. The summed E-state index contributed by atoms with van der Waals surface area (Å²) < 4.78 is 8.16. The number of benzene rings is 1. The van der Waals surface area contributed by atoms with Crippen molar-refractivity contribution in [3.05, 3.63) is 94.2 Å². The van der Waals surface area contributed by atoms with Gasteiger partial charge in [-0.15, -0.1) is 22.7 Å². The predicted octanol–water partition coefficient (Wildman–Crippen LogP) is 6.83. The zero-order chi connectivity index (χ0) is 23.8. The minimum atomic E-state index is -0.248. The number of halogens is 1. The van der Waals surface area contributed by atoms with Crippen molar-refractivity contribution in [3.63, 3.8) is 0 Å². The molecule has 35 heavy (non-hydrogen) atoms. The lowest BCUT2D eigenvalue weighted by Gasteiger charge is -2.08. The highest BCUT2D eigenvalue weighted by Gasteiger charge is 2.19. The van der Waals surface area contributed by atoms with Crippen molar-refractivity contribution in [3.8, 4) is 21.9 Å². The lowest BCUT2D eigenvalue weighted by molar-refractivity contribution is 0.101. The van der Waals surface area contributed by atoms with Crippen LogP contribution in [0.3, 0.4) is 0 Å². The first kappa shape index (κ1) is 21.7. The molecule has 10 heteroatoms. The van der Waals surface area contributed by atoms with E-state index in [-0.39, 0.29) is 5.91 Å². The van der Waals surface area contributed by atoms with Crippen molar-refractivity contribution in [1.29, 1.82) is 0 Å². The van der Waals surface area contributed by atoms with Crippen LogP contribution in [0.25, 0.3) is 32.8 Å². The van der Waals surface area contributed by atoms with Crippen molar-refractivity contribution < 1.29 is 9.32 Å². The van der Waals surface area contributed by atoms with E-state index in [4.69, 9.17) is 16.1 Å². The molecule has 0 bridgehead atoms. The Morgan fingerprint density at radius 3 is 2.86 bits per heavy atom. The first-order chi connectivity index (χ1) is 17.1. The van der Waals surface area contributed by atoms with Crippen LogP contribution in [0.15, 0.2) is 83.0 Å². The van der Waals surface area contributed by atoms with E-state index in [1.807, 2.05) is 70.6 Å². The summed E-state index contributed by atoms with van der Waals surface area (Å²) in [4.78, 5) is 22.9. The average Bonchev–Trinajstić information content (AvgIpc) is 3.67. The maximum atomic E-state index is 13.3. The van der Waals surface area contributed by atoms with Gasteiger partial charge in [-0.1, -0.05) is 35.0 Å². The number of aromatic nitrogens is 4. The first-order valence-electron chi connectivity index (χ1n) is 10.6. The molecule has 7 nitrogen and oxygen atoms in total. The lowest BCUT2D eigenvalue weighted by Crippen LogP contribution is -2.17. The number of fused-ring (bicyclic) bond motifs is 1. The normalized spacial score (nSPS) is 11.2. The molecule has 6 rings (SSSR count). The van der Waals surface area contributed by atoms with Gasteiger partial charge >= 0.3 is 0 Å². The Hall–Kier alpha value is -3.79. The van der Waals surface area contributed by atoms with E-state index in [1.54, 1.807) is 12.4 Å². The van der Waals surface area contributed by atoms with Crippen LogP contribution in [-0.2, 0) is 6.54 Å². The van der Waals surface area contributed by atoms with Gasteiger partial charge in [0, 0.05) is 40.3 Å². The van der Waals surface area contributed by atoms with Crippen LogP contribution >= 0.6 is 34.3 Å². The first-order valence-corrected chi connectivity index (χ1v) is 12.7. The van der Waals surface area contributed by atoms with Gasteiger partial charge in [0.05, 0.1) is 21.5 Å². The van der Waals surface area contributed by atoms with E-state index >= 15 is 0 Å². The van der Waals surface area contributed by atoms with E-state index in [0.717, 1.165) is 27.0 Å². The SMILES string of the molecule is O=C(Nc1nc(-c2cccnc2)cs1)c1cc2ccccc2n1Cc1cc(-c2ccc(Cl)s2)on1. The predicted molar refractivity (Wildman–Crippen MR) is 139 cm³/mol. The van der Waals surface area contributed by atoms with Crippen LogP contribution in [0, 0.1) is 0 Å². The van der Waals surface area contributed by atoms with Crippen LogP contribution in [0.2, 0.25) is 4.34 Å². The topological polar surface area (TPSA) is 85.8 Å². The molecule has 0 aliphatic heterocycles. The van der Waals surface area contributed by atoms with Crippen LogP contribution in [0.5, 0.6) is 0 Å². The zero-order valence-electron chi connectivity index (χ0n) is 18.0. The second-order valence-electron chi connectivity index (χ2n) is 7.69. The molecular weight excluding hydrogens is 502 g/mol. The Morgan fingerprint density at radius 1 is 1.11 bits per heavy atom. The maximum Gasteiger partial charge on any atom is 0.274 e. The number of hydrogen-bond acceptors (Lipinski definition) is 7. The van der Waals surface area contributed by atoms with Gasteiger partial charge in [-0.25, -0.2) is 4.98 Å². The van der Waals surface area contributed by atoms with Crippen LogP contribution in [0.1, 0.15) is 16.2 Å². The van der Waals surface area contributed by atoms with E-state index in [2.05, 4.69) is 20.4 Å². The highest BCUT2D eigenvalue weighted by molar-refractivity contribution is 7.19. The Balaban J connectivity index is 1.30. The van der Waals surface area contributed by atoms with Crippen molar-refractivity contribution in [2.45, 2.75) is 6.54 Å². The molecule has 0 saturated carbocycles. The Bertz CT molecular complexity index is 1650. The van der Waals surface area contributed by atoms with E-state index < -0.39 is 0 Å². The van der Waals surface area contributed by atoms with Crippen LogP contribution in [0.4, 0.5) is 5.13 Å². The summed E-state index contributed by atoms with van der Waals surface area (Å²) in [6.45, 7) is 0.373. The Labute approximate surface area is 212 Å². The average molecular weight is 518 g/mol. The van der Waals surface area contributed by atoms with Crippen molar-refractivity contribution in [1.82, 2.24) is 19.7 Å². The second-order valence-corrected chi connectivity index (χ2v) is 10.3. The minimum absolute atomic E-state index is 0.248. The number of carbonyl (C=O) groups excluding carboxylic acids is 1. The maximum absolute atomic E-state index is 13.3.